The molecule has 0 aliphatic carbocycles. The number of aromatic amines is 1. The number of hydrogen-bond donors (Lipinski definition) is 8. The number of nitrogens with one attached hydrogen (secondary N) is 4. The van der Waals surface area contributed by atoms with Crippen LogP contribution < -0.4 is 21.7 Å². The molecule has 0 aliphatic heterocycles. The molecule has 8 N–H and O–H groups in total. The van der Waals surface area contributed by atoms with Crippen molar-refractivity contribution in [2.45, 2.75) is 43.4 Å². The van der Waals surface area contributed by atoms with Crippen LogP contribution >= 0.6 is 12.6 Å². The summed E-state index contributed by atoms with van der Waals surface area (Å²) in [7, 11) is 0. The summed E-state index contributed by atoms with van der Waals surface area (Å²) >= 11 is 4.16. The summed E-state index contributed by atoms with van der Waals surface area (Å²) < 4.78 is 0. The van der Waals surface area contributed by atoms with Gasteiger partial charge in [-0.3, -0.25) is 14.4 Å². The molecule has 3 amide bonds. The maximum atomic E-state index is 13.2. The van der Waals surface area contributed by atoms with E-state index in [4.69, 9.17) is 5.73 Å². The number of amides is 3. The van der Waals surface area contributed by atoms with Gasteiger partial charge in [-0.15, -0.1) is 0 Å². The third-order valence-corrected chi connectivity index (χ3v) is 6.42. The van der Waals surface area contributed by atoms with Gasteiger partial charge < -0.3 is 36.9 Å². The molecule has 3 aromatic rings. The van der Waals surface area contributed by atoms with E-state index in [0.29, 0.717) is 11.3 Å². The lowest BCUT2D eigenvalue weighted by Gasteiger charge is -2.24. The SMILES string of the molecule is NC(Cc1ccccc1)C(=O)NC(Cc1cnc[nH]1)C(=O)NC(CS)C(=O)NC(Cc1ccc(O)cc1)C(=O)O. The molecular formula is C27H32N6O6S. The number of imidazole rings is 1. The average molecular weight is 569 g/mol. The van der Waals surface area contributed by atoms with Crippen LogP contribution in [0.5, 0.6) is 5.75 Å². The third-order valence-electron chi connectivity index (χ3n) is 6.05. The maximum absolute atomic E-state index is 13.2. The smallest absolute Gasteiger partial charge is 0.326 e. The maximum Gasteiger partial charge on any atom is 0.326 e. The zero-order valence-electron chi connectivity index (χ0n) is 21.5. The number of H-pyrrole nitrogens is 1. The second-order valence-corrected chi connectivity index (χ2v) is 9.52. The van der Waals surface area contributed by atoms with Crippen molar-refractivity contribution in [2.75, 3.05) is 5.75 Å². The number of nitrogens with zero attached hydrogens (tertiary/aromatic N) is 1. The van der Waals surface area contributed by atoms with Gasteiger partial charge in [-0.1, -0.05) is 42.5 Å². The third kappa shape index (κ3) is 9.13. The van der Waals surface area contributed by atoms with Crippen LogP contribution in [0.15, 0.2) is 67.1 Å². The van der Waals surface area contributed by atoms with E-state index in [0.717, 1.165) is 5.56 Å². The zero-order chi connectivity index (χ0) is 29.1. The number of benzene rings is 2. The van der Waals surface area contributed by atoms with Crippen molar-refractivity contribution in [2.24, 2.45) is 5.73 Å². The van der Waals surface area contributed by atoms with Crippen molar-refractivity contribution in [3.63, 3.8) is 0 Å². The molecule has 0 saturated carbocycles. The Bertz CT molecular complexity index is 1270. The number of nitrogens with two attached hydrogens (primary N) is 1. The molecule has 212 valence electrons. The zero-order valence-corrected chi connectivity index (χ0v) is 22.4. The summed E-state index contributed by atoms with van der Waals surface area (Å²) in [4.78, 5) is 57.7. The summed E-state index contributed by atoms with van der Waals surface area (Å²) in [6, 6.07) is 10.5. The van der Waals surface area contributed by atoms with Crippen molar-refractivity contribution in [3.05, 3.63) is 83.9 Å². The minimum atomic E-state index is -1.30. The molecule has 4 unspecified atom stereocenters. The highest BCUT2D eigenvalue weighted by atomic mass is 32.1. The first kappa shape index (κ1) is 30.2. The largest absolute Gasteiger partial charge is 0.508 e. The van der Waals surface area contributed by atoms with Crippen LogP contribution in [-0.4, -0.2) is 73.8 Å². The molecule has 40 heavy (non-hydrogen) atoms. The summed E-state index contributed by atoms with van der Waals surface area (Å²) in [5, 5.41) is 26.7. The number of carboxylic acids is 1. The Morgan fingerprint density at radius 2 is 1.43 bits per heavy atom. The fraction of sp³-hybridized carbons (Fsp3) is 0.296. The quantitative estimate of drug-likeness (QED) is 0.124. The van der Waals surface area contributed by atoms with Crippen LogP contribution in [0.1, 0.15) is 16.8 Å². The number of rotatable bonds is 14. The van der Waals surface area contributed by atoms with Crippen molar-refractivity contribution >= 4 is 36.3 Å². The van der Waals surface area contributed by atoms with Crippen LogP contribution in [0.3, 0.4) is 0 Å². The highest BCUT2D eigenvalue weighted by Gasteiger charge is 2.30. The van der Waals surface area contributed by atoms with Gasteiger partial charge in [-0.2, -0.15) is 12.6 Å². The van der Waals surface area contributed by atoms with E-state index >= 15 is 0 Å². The van der Waals surface area contributed by atoms with Gasteiger partial charge in [0.1, 0.15) is 23.9 Å². The van der Waals surface area contributed by atoms with Gasteiger partial charge in [0.15, 0.2) is 0 Å². The Morgan fingerprint density at radius 1 is 0.825 bits per heavy atom. The lowest BCUT2D eigenvalue weighted by molar-refractivity contribution is -0.142. The van der Waals surface area contributed by atoms with E-state index in [2.05, 4.69) is 38.5 Å². The minimum Gasteiger partial charge on any atom is -0.508 e. The minimum absolute atomic E-state index is 0.0234. The summed E-state index contributed by atoms with van der Waals surface area (Å²) in [5.74, 6) is -3.40. The Labute approximate surface area is 236 Å². The lowest BCUT2D eigenvalue weighted by atomic mass is 10.0. The van der Waals surface area contributed by atoms with E-state index < -0.39 is 47.9 Å². The van der Waals surface area contributed by atoms with Crippen molar-refractivity contribution < 1.29 is 29.4 Å². The molecule has 0 aliphatic rings. The van der Waals surface area contributed by atoms with Gasteiger partial charge in [0.25, 0.3) is 0 Å². The predicted octanol–water partition coefficient (Wildman–Crippen LogP) is -0.0607. The molecule has 12 nitrogen and oxygen atoms in total. The molecular weight excluding hydrogens is 536 g/mol. The number of aromatic hydroxyl groups is 1. The fourth-order valence-corrected chi connectivity index (χ4v) is 4.13. The normalized spacial score (nSPS) is 13.8. The van der Waals surface area contributed by atoms with Gasteiger partial charge in [0.05, 0.1) is 12.4 Å². The molecule has 4 atom stereocenters. The topological polar surface area (TPSA) is 200 Å². The first-order valence-corrected chi connectivity index (χ1v) is 13.1. The monoisotopic (exact) mass is 568 g/mol. The van der Waals surface area contributed by atoms with Gasteiger partial charge >= 0.3 is 5.97 Å². The van der Waals surface area contributed by atoms with Gasteiger partial charge in [-0.05, 0) is 29.7 Å². The fourth-order valence-electron chi connectivity index (χ4n) is 3.87. The number of carbonyl (C=O) groups is 4. The molecule has 0 saturated heterocycles. The van der Waals surface area contributed by atoms with E-state index in [1.54, 1.807) is 12.1 Å². The molecule has 0 bridgehead atoms. The number of phenols is 1. The number of aromatic nitrogens is 2. The summed E-state index contributed by atoms with van der Waals surface area (Å²) in [6.45, 7) is 0. The predicted molar refractivity (Wildman–Crippen MR) is 150 cm³/mol. The first-order valence-electron chi connectivity index (χ1n) is 12.5. The number of carboxylic acid groups (broad SMARTS) is 1. The van der Waals surface area contributed by atoms with Crippen LogP contribution in [0.4, 0.5) is 0 Å². The van der Waals surface area contributed by atoms with Crippen molar-refractivity contribution in [1.29, 1.82) is 0 Å². The molecule has 0 radical (unpaired) electrons. The highest BCUT2D eigenvalue weighted by molar-refractivity contribution is 7.80. The van der Waals surface area contributed by atoms with E-state index in [1.807, 2.05) is 30.3 Å². The Balaban J connectivity index is 1.67. The molecule has 3 rings (SSSR count). The number of aliphatic carboxylic acids is 1. The Hall–Kier alpha value is -4.36. The van der Waals surface area contributed by atoms with Gasteiger partial charge in [-0.25, -0.2) is 9.78 Å². The molecule has 0 fully saturated rings. The van der Waals surface area contributed by atoms with Crippen LogP contribution in [0.25, 0.3) is 0 Å². The van der Waals surface area contributed by atoms with E-state index in [-0.39, 0.29) is 30.8 Å². The molecule has 1 heterocycles. The molecule has 13 heteroatoms. The standard InChI is InChI=1S/C27H32N6O6S/c28-20(10-16-4-2-1-3-5-16)24(35)31-21(12-18-13-29-15-30-18)25(36)33-23(14-40)26(37)32-22(27(38)39)11-17-6-8-19(34)9-7-17/h1-9,13,15,20-23,34,40H,10-12,14,28H2,(H,29,30)(H,31,35)(H,32,37)(H,33,36)(H,38,39). The summed E-state index contributed by atoms with van der Waals surface area (Å²) in [5.41, 5.74) is 8.08. The van der Waals surface area contributed by atoms with Gasteiger partial charge in [0, 0.05) is 30.5 Å². The second-order valence-electron chi connectivity index (χ2n) is 9.15. The van der Waals surface area contributed by atoms with Gasteiger partial charge in [0.2, 0.25) is 17.7 Å². The van der Waals surface area contributed by atoms with Crippen molar-refractivity contribution in [3.8, 4) is 5.75 Å². The number of thiol groups is 1. The van der Waals surface area contributed by atoms with Crippen LogP contribution in [-0.2, 0) is 38.4 Å². The van der Waals surface area contributed by atoms with Crippen molar-refractivity contribution in [1.82, 2.24) is 25.9 Å². The molecule has 0 spiro atoms. The van der Waals surface area contributed by atoms with E-state index in [9.17, 15) is 29.4 Å². The Morgan fingerprint density at radius 3 is 2.02 bits per heavy atom. The first-order chi connectivity index (χ1) is 19.2. The number of hydrogen-bond acceptors (Lipinski definition) is 8. The molecule has 2 aromatic carbocycles. The lowest BCUT2D eigenvalue weighted by Crippen LogP contribution is -2.58. The second kappa shape index (κ2) is 14.7. The van der Waals surface area contributed by atoms with Crippen LogP contribution in [0.2, 0.25) is 0 Å². The number of phenolic OH excluding ortho intramolecular Hbond substituents is 1. The summed E-state index contributed by atoms with van der Waals surface area (Å²) in [6.07, 6.45) is 3.17. The molecule has 1 aromatic heterocycles. The Kier molecular flexibility index (Phi) is 11.1. The highest BCUT2D eigenvalue weighted by Crippen LogP contribution is 2.12. The van der Waals surface area contributed by atoms with Crippen LogP contribution in [0, 0.1) is 0 Å². The van der Waals surface area contributed by atoms with E-state index in [1.165, 1.54) is 24.7 Å². The number of carbonyl (C=O) groups excluding carboxylic acids is 3. The average Bonchev–Trinajstić information content (AvgIpc) is 3.45.